The normalized spacial score (nSPS) is 25.0. The summed E-state index contributed by atoms with van der Waals surface area (Å²) in [5.74, 6) is 0.835. The van der Waals surface area contributed by atoms with E-state index in [1.807, 2.05) is 12.1 Å². The van der Waals surface area contributed by atoms with Gasteiger partial charge in [-0.15, -0.1) is 0 Å². The highest BCUT2D eigenvalue weighted by molar-refractivity contribution is 5.69. The minimum atomic E-state index is -0.401. The monoisotopic (exact) mass is 416 g/mol. The summed E-state index contributed by atoms with van der Waals surface area (Å²) in [6.45, 7) is 4.40. The Bertz CT molecular complexity index is 652. The number of methoxy groups -OCH3 is 1. The van der Waals surface area contributed by atoms with Gasteiger partial charge in [0.2, 0.25) is 0 Å². The average Bonchev–Trinajstić information content (AvgIpc) is 3.03. The number of rotatable bonds is 12. The van der Waals surface area contributed by atoms with Gasteiger partial charge in [-0.2, -0.15) is 0 Å². The second-order valence-corrected chi connectivity index (χ2v) is 8.82. The summed E-state index contributed by atoms with van der Waals surface area (Å²) in [5.41, 5.74) is 2.14. The Morgan fingerprint density at radius 2 is 1.93 bits per heavy atom. The van der Waals surface area contributed by atoms with Gasteiger partial charge in [-0.1, -0.05) is 69.5 Å². The van der Waals surface area contributed by atoms with Gasteiger partial charge in [0.15, 0.2) is 0 Å². The first-order chi connectivity index (χ1) is 14.5. The van der Waals surface area contributed by atoms with E-state index in [4.69, 9.17) is 0 Å². The minimum Gasteiger partial charge on any atom is -0.469 e. The predicted molar refractivity (Wildman–Crippen MR) is 121 cm³/mol. The maximum absolute atomic E-state index is 11.2. The van der Waals surface area contributed by atoms with Crippen LogP contribution in [0.15, 0.2) is 36.4 Å². The summed E-state index contributed by atoms with van der Waals surface area (Å²) >= 11 is 0. The largest absolute Gasteiger partial charge is 0.469 e. The molecule has 30 heavy (non-hydrogen) atoms. The molecule has 2 rings (SSSR count). The van der Waals surface area contributed by atoms with Crippen molar-refractivity contribution in [2.45, 2.75) is 89.8 Å². The van der Waals surface area contributed by atoms with E-state index in [-0.39, 0.29) is 18.0 Å². The van der Waals surface area contributed by atoms with Crippen LogP contribution in [0.1, 0.15) is 94.8 Å². The number of aliphatic hydroxyl groups is 2. The third kappa shape index (κ3) is 7.24. The number of allylic oxidation sites excluding steroid dienone is 2. The van der Waals surface area contributed by atoms with Crippen LogP contribution >= 0.6 is 0 Å². The van der Waals surface area contributed by atoms with Crippen molar-refractivity contribution in [3.05, 3.63) is 47.5 Å². The van der Waals surface area contributed by atoms with Gasteiger partial charge in [0.1, 0.15) is 0 Å². The molecule has 1 saturated carbocycles. The molecule has 0 spiro atoms. The van der Waals surface area contributed by atoms with E-state index in [0.717, 1.165) is 56.9 Å². The summed E-state index contributed by atoms with van der Waals surface area (Å²) in [6.07, 6.45) is 11.7. The Kier molecular flexibility index (Phi) is 10.6. The second-order valence-electron chi connectivity index (χ2n) is 8.82. The molecule has 168 valence electrons. The molecule has 0 radical (unpaired) electrons. The number of hydrogen-bond acceptors (Lipinski definition) is 4. The fraction of sp³-hybridized carbons (Fsp3) is 0.654. The molecule has 0 aliphatic heterocycles. The Hall–Kier alpha value is -1.65. The highest BCUT2D eigenvalue weighted by Crippen LogP contribution is 2.45. The van der Waals surface area contributed by atoms with Crippen LogP contribution in [0.25, 0.3) is 0 Å². The molecule has 0 heterocycles. The predicted octanol–water partition coefficient (Wildman–Crippen LogP) is 5.69. The molecule has 1 aromatic carbocycles. The number of carbonyl (C=O) groups is 1. The van der Waals surface area contributed by atoms with Crippen molar-refractivity contribution in [3.63, 3.8) is 0 Å². The fourth-order valence-corrected chi connectivity index (χ4v) is 4.72. The number of carbonyl (C=O) groups excluding carboxylic acids is 1. The lowest BCUT2D eigenvalue weighted by atomic mass is 9.82. The maximum atomic E-state index is 11.2. The summed E-state index contributed by atoms with van der Waals surface area (Å²) in [6, 6.07) is 8.25. The molecule has 0 bridgehead atoms. The van der Waals surface area contributed by atoms with Gasteiger partial charge in [0.05, 0.1) is 19.3 Å². The zero-order valence-corrected chi connectivity index (χ0v) is 18.9. The standard InChI is InChI=1S/C26H40O4/c1-4-5-8-12-23(27)20-14-16-21(17-15-20)26-22(19(2)18-24(26)28)11-9-6-7-10-13-25(29)30-3/h6,9,14-17,19,22-24,26-28H,4-5,7-8,10-13,18H2,1-3H3/t19-,22+,23?,24-,26-/m1/s1. The fourth-order valence-electron chi connectivity index (χ4n) is 4.72. The van der Waals surface area contributed by atoms with Crippen molar-refractivity contribution < 1.29 is 19.7 Å². The first kappa shape index (κ1) is 24.6. The number of hydrogen-bond donors (Lipinski definition) is 2. The van der Waals surface area contributed by atoms with E-state index < -0.39 is 6.10 Å². The van der Waals surface area contributed by atoms with Gasteiger partial charge in [-0.25, -0.2) is 0 Å². The first-order valence-corrected chi connectivity index (χ1v) is 11.7. The number of esters is 1. The van der Waals surface area contributed by atoms with Gasteiger partial charge in [-0.3, -0.25) is 4.79 Å². The van der Waals surface area contributed by atoms with Gasteiger partial charge in [-0.05, 0) is 55.1 Å². The zero-order chi connectivity index (χ0) is 21.9. The molecule has 1 fully saturated rings. The summed E-state index contributed by atoms with van der Waals surface area (Å²) in [4.78, 5) is 11.2. The van der Waals surface area contributed by atoms with Crippen LogP contribution in [-0.4, -0.2) is 29.4 Å². The van der Waals surface area contributed by atoms with Gasteiger partial charge >= 0.3 is 5.97 Å². The van der Waals surface area contributed by atoms with Crippen molar-refractivity contribution in [2.24, 2.45) is 11.8 Å². The highest BCUT2D eigenvalue weighted by Gasteiger charge is 2.40. The zero-order valence-electron chi connectivity index (χ0n) is 18.9. The lowest BCUT2D eigenvalue weighted by Crippen LogP contribution is -2.18. The third-order valence-electron chi connectivity index (χ3n) is 6.56. The average molecular weight is 417 g/mol. The SMILES string of the molecule is CCCCCC(O)c1ccc([C@@H]2[C@@H](CC=CCCCC(=O)OC)[C@H](C)C[C@H]2O)cc1. The van der Waals surface area contributed by atoms with Crippen molar-refractivity contribution in [1.82, 2.24) is 0 Å². The molecule has 5 atom stereocenters. The topological polar surface area (TPSA) is 66.8 Å². The van der Waals surface area contributed by atoms with Crippen molar-refractivity contribution >= 4 is 5.97 Å². The van der Waals surface area contributed by atoms with Gasteiger partial charge in [0.25, 0.3) is 0 Å². The summed E-state index contributed by atoms with van der Waals surface area (Å²) < 4.78 is 4.67. The molecule has 4 nitrogen and oxygen atoms in total. The van der Waals surface area contributed by atoms with Crippen LogP contribution in [0.2, 0.25) is 0 Å². The van der Waals surface area contributed by atoms with Crippen molar-refractivity contribution in [1.29, 1.82) is 0 Å². The number of aliphatic hydroxyl groups excluding tert-OH is 2. The molecular weight excluding hydrogens is 376 g/mol. The minimum absolute atomic E-state index is 0.131. The molecule has 0 amide bonds. The Morgan fingerprint density at radius 1 is 1.20 bits per heavy atom. The lowest BCUT2D eigenvalue weighted by molar-refractivity contribution is -0.140. The summed E-state index contributed by atoms with van der Waals surface area (Å²) in [7, 11) is 1.42. The number of ether oxygens (including phenoxy) is 1. The van der Waals surface area contributed by atoms with Crippen LogP contribution in [-0.2, 0) is 9.53 Å². The van der Waals surface area contributed by atoms with E-state index in [9.17, 15) is 15.0 Å². The smallest absolute Gasteiger partial charge is 0.305 e. The number of unbranched alkanes of at least 4 members (excludes halogenated alkanes) is 3. The second kappa shape index (κ2) is 12.9. The van der Waals surface area contributed by atoms with Crippen molar-refractivity contribution in [2.75, 3.05) is 7.11 Å². The van der Waals surface area contributed by atoms with E-state index in [0.29, 0.717) is 18.3 Å². The molecule has 1 unspecified atom stereocenters. The van der Waals surface area contributed by atoms with Gasteiger partial charge in [0, 0.05) is 12.3 Å². The molecule has 2 N–H and O–H groups in total. The van der Waals surface area contributed by atoms with E-state index in [1.165, 1.54) is 12.7 Å². The highest BCUT2D eigenvalue weighted by atomic mass is 16.5. The molecule has 1 aliphatic rings. The van der Waals surface area contributed by atoms with E-state index in [2.05, 4.69) is 42.9 Å². The molecule has 4 heteroatoms. The Morgan fingerprint density at radius 3 is 2.60 bits per heavy atom. The number of benzene rings is 1. The van der Waals surface area contributed by atoms with Gasteiger partial charge < -0.3 is 14.9 Å². The molecule has 0 aromatic heterocycles. The Labute approximate surface area is 182 Å². The van der Waals surface area contributed by atoms with Crippen molar-refractivity contribution in [3.8, 4) is 0 Å². The Balaban J connectivity index is 1.94. The molecular formula is C26H40O4. The van der Waals surface area contributed by atoms with Crippen LogP contribution < -0.4 is 0 Å². The molecule has 0 saturated heterocycles. The third-order valence-corrected chi connectivity index (χ3v) is 6.56. The van der Waals surface area contributed by atoms with Crippen LogP contribution in [0.5, 0.6) is 0 Å². The quantitative estimate of drug-likeness (QED) is 0.261. The first-order valence-electron chi connectivity index (χ1n) is 11.7. The molecule has 1 aromatic rings. The van der Waals surface area contributed by atoms with Crippen LogP contribution in [0.4, 0.5) is 0 Å². The molecule has 1 aliphatic carbocycles. The maximum Gasteiger partial charge on any atom is 0.305 e. The lowest BCUT2D eigenvalue weighted by Gasteiger charge is -2.24. The van der Waals surface area contributed by atoms with E-state index in [1.54, 1.807) is 0 Å². The van der Waals surface area contributed by atoms with Crippen LogP contribution in [0.3, 0.4) is 0 Å². The van der Waals surface area contributed by atoms with E-state index >= 15 is 0 Å². The summed E-state index contributed by atoms with van der Waals surface area (Å²) in [5, 5.41) is 21.1. The van der Waals surface area contributed by atoms with Crippen LogP contribution in [0, 0.1) is 11.8 Å².